The number of rotatable bonds is 3. The third kappa shape index (κ3) is 3.32. The van der Waals surface area contributed by atoms with Crippen molar-refractivity contribution >= 4 is 17.0 Å². The Hall–Kier alpha value is -1.28. The first-order chi connectivity index (χ1) is 10.0. The zero-order valence-electron chi connectivity index (χ0n) is 13.3. The molecule has 0 saturated heterocycles. The van der Waals surface area contributed by atoms with Gasteiger partial charge in [0.2, 0.25) is 0 Å². The molecule has 112 valence electrons. The molecule has 1 aliphatic rings. The molecular formula is C19H25NS. The number of aryl methyl sites for hydroxylation is 1. The quantitative estimate of drug-likeness (QED) is 0.785. The largest absolute Gasteiger partial charge is 0.380 e. The molecule has 0 radical (unpaired) electrons. The number of hydrogen-bond acceptors (Lipinski definition) is 2. The van der Waals surface area contributed by atoms with Gasteiger partial charge in [0.25, 0.3) is 0 Å². The summed E-state index contributed by atoms with van der Waals surface area (Å²) in [6, 6.07) is 11.3. The van der Waals surface area contributed by atoms with Gasteiger partial charge in [-0.1, -0.05) is 32.9 Å². The molecule has 0 spiro atoms. The zero-order valence-corrected chi connectivity index (χ0v) is 14.1. The van der Waals surface area contributed by atoms with Gasteiger partial charge in [0.15, 0.2) is 0 Å². The van der Waals surface area contributed by atoms with Crippen molar-refractivity contribution in [1.29, 1.82) is 0 Å². The lowest BCUT2D eigenvalue weighted by Gasteiger charge is -2.20. The highest BCUT2D eigenvalue weighted by Gasteiger charge is 2.16. The Kier molecular flexibility index (Phi) is 4.08. The van der Waals surface area contributed by atoms with E-state index in [1.165, 1.54) is 41.1 Å². The van der Waals surface area contributed by atoms with Gasteiger partial charge in [-0.3, -0.25) is 0 Å². The van der Waals surface area contributed by atoms with Crippen LogP contribution in [-0.2, 0) is 24.8 Å². The Bertz CT molecular complexity index is 619. The molecule has 1 heterocycles. The van der Waals surface area contributed by atoms with E-state index in [1.54, 1.807) is 11.1 Å². The summed E-state index contributed by atoms with van der Waals surface area (Å²) in [6.45, 7) is 7.79. The summed E-state index contributed by atoms with van der Waals surface area (Å²) in [6.07, 6.45) is 5.16. The molecule has 1 aromatic heterocycles. The van der Waals surface area contributed by atoms with Gasteiger partial charge in [-0.15, -0.1) is 11.3 Å². The van der Waals surface area contributed by atoms with Gasteiger partial charge in [-0.25, -0.2) is 0 Å². The summed E-state index contributed by atoms with van der Waals surface area (Å²) >= 11 is 1.93. The summed E-state index contributed by atoms with van der Waals surface area (Å²) in [4.78, 5) is 2.89. The van der Waals surface area contributed by atoms with Gasteiger partial charge in [-0.05, 0) is 60.4 Å². The molecule has 1 aromatic carbocycles. The molecule has 0 saturated carbocycles. The molecule has 0 atom stereocenters. The number of hydrogen-bond donors (Lipinski definition) is 1. The van der Waals surface area contributed by atoms with Crippen LogP contribution in [-0.4, -0.2) is 0 Å². The molecule has 1 nitrogen and oxygen atoms in total. The number of thiophene rings is 1. The van der Waals surface area contributed by atoms with Gasteiger partial charge in [0.05, 0.1) is 0 Å². The van der Waals surface area contributed by atoms with Crippen molar-refractivity contribution in [3.8, 4) is 0 Å². The van der Waals surface area contributed by atoms with Crippen molar-refractivity contribution in [3.05, 3.63) is 51.2 Å². The van der Waals surface area contributed by atoms with Crippen molar-refractivity contribution in [1.82, 2.24) is 0 Å². The van der Waals surface area contributed by atoms with Gasteiger partial charge >= 0.3 is 0 Å². The minimum Gasteiger partial charge on any atom is -0.380 e. The van der Waals surface area contributed by atoms with Crippen LogP contribution < -0.4 is 5.32 Å². The maximum absolute atomic E-state index is 3.66. The first-order valence-electron chi connectivity index (χ1n) is 7.98. The minimum absolute atomic E-state index is 0.259. The summed E-state index contributed by atoms with van der Waals surface area (Å²) in [5, 5.41) is 3.66. The second kappa shape index (κ2) is 5.84. The van der Waals surface area contributed by atoms with E-state index in [0.717, 1.165) is 6.54 Å². The summed E-state index contributed by atoms with van der Waals surface area (Å²) in [5.74, 6) is 0. The minimum atomic E-state index is 0.259. The van der Waals surface area contributed by atoms with Crippen LogP contribution in [0.4, 0.5) is 5.69 Å². The average Bonchev–Trinajstić information content (AvgIpc) is 2.94. The average molecular weight is 299 g/mol. The highest BCUT2D eigenvalue weighted by atomic mass is 32.1. The van der Waals surface area contributed by atoms with Crippen LogP contribution in [0.3, 0.4) is 0 Å². The number of benzene rings is 1. The molecule has 21 heavy (non-hydrogen) atoms. The maximum Gasteiger partial charge on any atom is 0.0494 e. The topological polar surface area (TPSA) is 12.0 Å². The molecule has 2 aromatic rings. The first-order valence-corrected chi connectivity index (χ1v) is 8.79. The Balaban J connectivity index is 1.72. The normalized spacial score (nSPS) is 14.8. The third-order valence-corrected chi connectivity index (χ3v) is 5.76. The lowest BCUT2D eigenvalue weighted by molar-refractivity contribution is 0.604. The highest BCUT2D eigenvalue weighted by Crippen LogP contribution is 2.31. The summed E-state index contributed by atoms with van der Waals surface area (Å²) in [5.41, 5.74) is 4.71. The van der Waals surface area contributed by atoms with E-state index in [1.807, 2.05) is 11.3 Å². The van der Waals surface area contributed by atoms with E-state index in [9.17, 15) is 0 Å². The second-order valence-electron chi connectivity index (χ2n) is 7.02. The Morgan fingerprint density at radius 2 is 1.86 bits per heavy atom. The lowest BCUT2D eigenvalue weighted by Crippen LogP contribution is -2.08. The van der Waals surface area contributed by atoms with Crippen LogP contribution in [0.25, 0.3) is 0 Å². The fourth-order valence-electron chi connectivity index (χ4n) is 3.01. The van der Waals surface area contributed by atoms with E-state index >= 15 is 0 Å². The summed E-state index contributed by atoms with van der Waals surface area (Å²) < 4.78 is 0. The van der Waals surface area contributed by atoms with Gasteiger partial charge in [-0.2, -0.15) is 0 Å². The molecule has 0 unspecified atom stereocenters. The van der Waals surface area contributed by atoms with E-state index < -0.39 is 0 Å². The van der Waals surface area contributed by atoms with E-state index in [2.05, 4.69) is 56.4 Å². The van der Waals surface area contributed by atoms with E-state index in [4.69, 9.17) is 0 Å². The number of nitrogens with one attached hydrogen (secondary N) is 1. The molecule has 1 aliphatic carbocycles. The molecule has 0 aliphatic heterocycles. The highest BCUT2D eigenvalue weighted by molar-refractivity contribution is 7.12. The second-order valence-corrected chi connectivity index (χ2v) is 8.19. The lowest BCUT2D eigenvalue weighted by atomic mass is 9.90. The smallest absolute Gasteiger partial charge is 0.0494 e. The molecule has 2 heteroatoms. The molecule has 0 bridgehead atoms. The van der Waals surface area contributed by atoms with Gasteiger partial charge in [0.1, 0.15) is 0 Å². The molecule has 1 N–H and O–H groups in total. The Morgan fingerprint density at radius 3 is 2.62 bits per heavy atom. The van der Waals surface area contributed by atoms with Crippen molar-refractivity contribution in [3.63, 3.8) is 0 Å². The van der Waals surface area contributed by atoms with Gasteiger partial charge < -0.3 is 5.32 Å². The number of fused-ring (bicyclic) bond motifs is 1. The van der Waals surface area contributed by atoms with Crippen LogP contribution in [0.5, 0.6) is 0 Å². The Labute approximate surface area is 132 Å². The third-order valence-electron chi connectivity index (χ3n) is 4.25. The predicted octanol–water partition coefficient (Wildman–Crippen LogP) is 5.54. The Morgan fingerprint density at radius 1 is 1.05 bits per heavy atom. The molecule has 0 amide bonds. The zero-order chi connectivity index (χ0) is 14.9. The van der Waals surface area contributed by atoms with Gasteiger partial charge in [0, 0.05) is 22.0 Å². The van der Waals surface area contributed by atoms with E-state index in [-0.39, 0.29) is 5.41 Å². The summed E-state index contributed by atoms with van der Waals surface area (Å²) in [7, 11) is 0. The standard InChI is InChI=1S/C19H25NS/c1-19(2,3)18-12-11-15(21-18)13-20-17-10-6-8-14-7-4-5-9-16(14)17/h6,8,10-12,20H,4-5,7,9,13H2,1-3H3. The van der Waals surface area contributed by atoms with Crippen LogP contribution >= 0.6 is 11.3 Å². The van der Waals surface area contributed by atoms with Crippen LogP contribution in [0.1, 0.15) is 54.5 Å². The van der Waals surface area contributed by atoms with Crippen LogP contribution in [0.15, 0.2) is 30.3 Å². The van der Waals surface area contributed by atoms with Crippen molar-refractivity contribution < 1.29 is 0 Å². The van der Waals surface area contributed by atoms with Crippen LogP contribution in [0.2, 0.25) is 0 Å². The fourth-order valence-corrected chi connectivity index (χ4v) is 4.01. The molecule has 3 rings (SSSR count). The van der Waals surface area contributed by atoms with E-state index in [0.29, 0.717) is 0 Å². The monoisotopic (exact) mass is 299 g/mol. The predicted molar refractivity (Wildman–Crippen MR) is 93.4 cm³/mol. The first kappa shape index (κ1) is 14.6. The van der Waals surface area contributed by atoms with Crippen molar-refractivity contribution in [2.24, 2.45) is 0 Å². The molecular weight excluding hydrogens is 274 g/mol. The van der Waals surface area contributed by atoms with Crippen LogP contribution in [0, 0.1) is 0 Å². The number of anilines is 1. The fraction of sp³-hybridized carbons (Fsp3) is 0.474. The van der Waals surface area contributed by atoms with Crippen molar-refractivity contribution in [2.75, 3.05) is 5.32 Å². The molecule has 0 fully saturated rings. The van der Waals surface area contributed by atoms with Crippen molar-refractivity contribution in [2.45, 2.75) is 58.4 Å². The maximum atomic E-state index is 3.66. The SMILES string of the molecule is CC(C)(C)c1ccc(CNc2cccc3c2CCCC3)s1.